The highest BCUT2D eigenvalue weighted by Gasteiger charge is 2.26. The topological polar surface area (TPSA) is 79.0 Å². The third-order valence-electron chi connectivity index (χ3n) is 5.66. The quantitative estimate of drug-likeness (QED) is 0.639. The third-order valence-corrected chi connectivity index (χ3v) is 8.59. The van der Waals surface area contributed by atoms with Gasteiger partial charge < -0.3 is 10.1 Å². The zero-order valence-electron chi connectivity index (χ0n) is 18.3. The second-order valence-corrected chi connectivity index (χ2v) is 10.8. The molecule has 0 saturated carbocycles. The van der Waals surface area contributed by atoms with Gasteiger partial charge in [-0.15, -0.1) is 11.3 Å². The number of likely N-dealkylation sites (N-methyl/N-ethyl adjacent to an activating group) is 1. The number of nitrogens with one attached hydrogen (secondary N) is 1. The van der Waals surface area contributed by atoms with Gasteiger partial charge in [0.2, 0.25) is 15.9 Å². The van der Waals surface area contributed by atoms with E-state index in [4.69, 9.17) is 4.74 Å². The highest BCUT2D eigenvalue weighted by atomic mass is 32.2. The van der Waals surface area contributed by atoms with Crippen molar-refractivity contribution in [3.63, 3.8) is 0 Å². The zero-order valence-corrected chi connectivity index (χ0v) is 20.0. The molecule has 1 unspecified atom stereocenters. The van der Waals surface area contributed by atoms with Crippen molar-refractivity contribution in [2.75, 3.05) is 39.1 Å². The molecular weight excluding hydrogens is 434 g/mol. The van der Waals surface area contributed by atoms with E-state index >= 15 is 0 Å². The molecule has 0 bridgehead atoms. The molecule has 1 amide bonds. The predicted octanol–water partition coefficient (Wildman–Crippen LogP) is 3.95. The largest absolute Gasteiger partial charge is 0.495 e. The normalized spacial score (nSPS) is 16.6. The highest BCUT2D eigenvalue weighted by Crippen LogP contribution is 2.30. The van der Waals surface area contributed by atoms with Crippen LogP contribution in [0.2, 0.25) is 0 Å². The molecule has 1 N–H and O–H groups in total. The van der Waals surface area contributed by atoms with E-state index in [9.17, 15) is 13.2 Å². The van der Waals surface area contributed by atoms with Gasteiger partial charge in [-0.05, 0) is 56.5 Å². The lowest BCUT2D eigenvalue weighted by Gasteiger charge is -2.24. The van der Waals surface area contributed by atoms with E-state index in [-0.39, 0.29) is 23.4 Å². The molecule has 170 valence electrons. The summed E-state index contributed by atoms with van der Waals surface area (Å²) in [6.45, 7) is 3.28. The molecule has 9 heteroatoms. The molecule has 2 aromatic rings. The summed E-state index contributed by atoms with van der Waals surface area (Å²) < 4.78 is 33.2. The molecule has 31 heavy (non-hydrogen) atoms. The average Bonchev–Trinajstić information content (AvgIpc) is 3.14. The molecule has 2 heterocycles. The molecule has 7 nitrogen and oxygen atoms in total. The molecule has 1 saturated heterocycles. The number of hydrogen-bond donors (Lipinski definition) is 1. The number of hydrogen-bond acceptors (Lipinski definition) is 6. The van der Waals surface area contributed by atoms with Crippen molar-refractivity contribution in [2.24, 2.45) is 0 Å². The first-order chi connectivity index (χ1) is 14.8. The smallest absolute Gasteiger partial charge is 0.243 e. The predicted molar refractivity (Wildman–Crippen MR) is 124 cm³/mol. The second-order valence-electron chi connectivity index (χ2n) is 7.84. The van der Waals surface area contributed by atoms with Crippen LogP contribution in [0.4, 0.5) is 5.69 Å². The number of sulfonamides is 1. The number of nitrogens with zero attached hydrogens (tertiary/aromatic N) is 2. The van der Waals surface area contributed by atoms with Crippen molar-refractivity contribution >= 4 is 33.0 Å². The van der Waals surface area contributed by atoms with E-state index in [1.807, 2.05) is 36.4 Å². The van der Waals surface area contributed by atoms with Crippen LogP contribution in [0.1, 0.15) is 43.5 Å². The third kappa shape index (κ3) is 5.85. The molecular formula is C22H31N3O4S2. The maximum absolute atomic E-state index is 13.1. The fraction of sp³-hybridized carbons (Fsp3) is 0.500. The number of methoxy groups -OCH3 is 1. The van der Waals surface area contributed by atoms with Crippen molar-refractivity contribution in [2.45, 2.75) is 43.5 Å². The van der Waals surface area contributed by atoms with Crippen molar-refractivity contribution in [1.82, 2.24) is 9.21 Å². The second kappa shape index (κ2) is 10.6. The van der Waals surface area contributed by atoms with Crippen LogP contribution in [0.25, 0.3) is 0 Å². The minimum absolute atomic E-state index is 0.0994. The number of anilines is 1. The summed E-state index contributed by atoms with van der Waals surface area (Å²) in [5.74, 6) is 0.200. The lowest BCUT2D eigenvalue weighted by molar-refractivity contribution is -0.117. The van der Waals surface area contributed by atoms with Gasteiger partial charge in [-0.3, -0.25) is 9.69 Å². The fourth-order valence-electron chi connectivity index (χ4n) is 3.68. The molecule has 1 aromatic heterocycles. The van der Waals surface area contributed by atoms with E-state index in [0.29, 0.717) is 24.5 Å². The Bertz CT molecular complexity index is 969. The molecule has 0 radical (unpaired) electrons. The first kappa shape index (κ1) is 23.7. The van der Waals surface area contributed by atoms with Gasteiger partial charge in [0, 0.05) is 24.0 Å². The summed E-state index contributed by atoms with van der Waals surface area (Å²) in [7, 11) is -0.228. The highest BCUT2D eigenvalue weighted by molar-refractivity contribution is 7.89. The van der Waals surface area contributed by atoms with Crippen molar-refractivity contribution in [3.05, 3.63) is 40.6 Å². The summed E-state index contributed by atoms with van der Waals surface area (Å²) in [6.07, 6.45) is 3.84. The van der Waals surface area contributed by atoms with Crippen LogP contribution in [0, 0.1) is 0 Å². The summed E-state index contributed by atoms with van der Waals surface area (Å²) in [6, 6.07) is 8.77. The fourth-order valence-corrected chi connectivity index (χ4v) is 6.07. The average molecular weight is 466 g/mol. The molecule has 1 fully saturated rings. The van der Waals surface area contributed by atoms with Crippen molar-refractivity contribution in [1.29, 1.82) is 0 Å². The first-order valence-corrected chi connectivity index (χ1v) is 12.9. The Morgan fingerprint density at radius 2 is 1.94 bits per heavy atom. The number of carbonyl (C=O) groups is 1. The molecule has 1 atom stereocenters. The monoisotopic (exact) mass is 465 g/mol. The Balaban J connectivity index is 1.75. The standard InChI is InChI=1S/C22H31N3O4S2/c1-17(21-9-8-14-30-21)24(2)16-22(26)23-19-15-18(10-11-20(19)29-3)31(27,28)25-12-6-4-5-7-13-25/h8-11,14-15,17H,4-7,12-13,16H2,1-3H3,(H,23,26). The number of carbonyl (C=O) groups excluding carboxylic acids is 1. The van der Waals surface area contributed by atoms with Gasteiger partial charge in [-0.25, -0.2) is 8.42 Å². The maximum atomic E-state index is 13.1. The van der Waals surface area contributed by atoms with Crippen LogP contribution >= 0.6 is 11.3 Å². The maximum Gasteiger partial charge on any atom is 0.243 e. The minimum atomic E-state index is -3.62. The Morgan fingerprint density at radius 1 is 1.23 bits per heavy atom. The Morgan fingerprint density at radius 3 is 2.55 bits per heavy atom. The van der Waals surface area contributed by atoms with E-state index < -0.39 is 10.0 Å². The summed E-state index contributed by atoms with van der Waals surface area (Å²) in [5.41, 5.74) is 0.362. The van der Waals surface area contributed by atoms with Gasteiger partial charge in [0.15, 0.2) is 0 Å². The van der Waals surface area contributed by atoms with Crippen molar-refractivity contribution in [3.8, 4) is 5.75 Å². The Hall–Kier alpha value is -1.94. The molecule has 1 aliphatic heterocycles. The molecule has 0 aliphatic carbocycles. The van der Waals surface area contributed by atoms with E-state index in [0.717, 1.165) is 25.7 Å². The lowest BCUT2D eigenvalue weighted by atomic mass is 10.2. The zero-order chi connectivity index (χ0) is 22.4. The van der Waals surface area contributed by atoms with Crippen LogP contribution in [-0.2, 0) is 14.8 Å². The molecule has 0 spiro atoms. The van der Waals surface area contributed by atoms with Gasteiger partial charge in [0.1, 0.15) is 5.75 Å². The van der Waals surface area contributed by atoms with Crippen LogP contribution in [0.15, 0.2) is 40.6 Å². The lowest BCUT2D eigenvalue weighted by Crippen LogP contribution is -2.33. The number of ether oxygens (including phenoxy) is 1. The van der Waals surface area contributed by atoms with E-state index in [1.165, 1.54) is 18.1 Å². The van der Waals surface area contributed by atoms with E-state index in [2.05, 4.69) is 5.32 Å². The SMILES string of the molecule is COc1ccc(S(=O)(=O)N2CCCCCC2)cc1NC(=O)CN(C)C(C)c1cccs1. The van der Waals surface area contributed by atoms with E-state index in [1.54, 1.807) is 27.8 Å². The summed E-state index contributed by atoms with van der Waals surface area (Å²) in [5, 5.41) is 4.85. The van der Waals surface area contributed by atoms with Gasteiger partial charge in [-0.2, -0.15) is 4.31 Å². The van der Waals surface area contributed by atoms with Crippen LogP contribution in [-0.4, -0.2) is 57.3 Å². The Kier molecular flexibility index (Phi) is 8.10. The van der Waals surface area contributed by atoms with Gasteiger partial charge >= 0.3 is 0 Å². The Labute approximate surface area is 189 Å². The number of amides is 1. The first-order valence-electron chi connectivity index (χ1n) is 10.5. The number of rotatable bonds is 8. The van der Waals surface area contributed by atoms with Gasteiger partial charge in [0.05, 0.1) is 24.2 Å². The molecule has 3 rings (SSSR count). The van der Waals surface area contributed by atoms with Crippen LogP contribution in [0.3, 0.4) is 0 Å². The summed E-state index contributed by atoms with van der Waals surface area (Å²) in [4.78, 5) is 16.0. The number of benzene rings is 1. The van der Waals surface area contributed by atoms with Gasteiger partial charge in [0.25, 0.3) is 0 Å². The van der Waals surface area contributed by atoms with Crippen molar-refractivity contribution < 1.29 is 17.9 Å². The summed E-state index contributed by atoms with van der Waals surface area (Å²) >= 11 is 1.65. The van der Waals surface area contributed by atoms with Crippen LogP contribution in [0.5, 0.6) is 5.75 Å². The van der Waals surface area contributed by atoms with Gasteiger partial charge in [-0.1, -0.05) is 18.9 Å². The minimum Gasteiger partial charge on any atom is -0.495 e. The molecule has 1 aliphatic rings. The number of thiophene rings is 1. The molecule has 1 aromatic carbocycles. The van der Waals surface area contributed by atoms with Crippen LogP contribution < -0.4 is 10.1 Å².